The number of rotatable bonds is 5. The zero-order chi connectivity index (χ0) is 24.0. The number of benzene rings is 2. The molecule has 174 valence electrons. The molecule has 0 bridgehead atoms. The Morgan fingerprint density at radius 1 is 0.879 bits per heavy atom. The average molecular weight is 445 g/mol. The van der Waals surface area contributed by atoms with Crippen molar-refractivity contribution >= 4 is 11.6 Å². The Hall–Kier alpha value is -3.01. The lowest BCUT2D eigenvalue weighted by Crippen LogP contribution is -2.34. The van der Waals surface area contributed by atoms with Crippen LogP contribution < -0.4 is 10.9 Å². The summed E-state index contributed by atoms with van der Waals surface area (Å²) in [7, 11) is 0. The standard InChI is InChI=1S/C29H36N2O2/c1-18-12-19(2)14-22(13-18)30-31-27(32)26-9-8-23(33-26)16-21-17-25-24(15-20(21)3)28(4,5)10-11-29(25,6)7/h8-9,12-15,17,30H,10-11,16H2,1-7H3,(H,31,32). The van der Waals surface area contributed by atoms with Crippen molar-refractivity contribution in [3.05, 3.63) is 87.4 Å². The Balaban J connectivity index is 1.50. The largest absolute Gasteiger partial charge is 0.456 e. The number of fused-ring (bicyclic) bond motifs is 1. The molecule has 3 aromatic rings. The fourth-order valence-electron chi connectivity index (χ4n) is 4.98. The third-order valence-corrected chi connectivity index (χ3v) is 7.10. The van der Waals surface area contributed by atoms with Crippen molar-refractivity contribution in [1.82, 2.24) is 5.43 Å². The number of hydrogen-bond acceptors (Lipinski definition) is 3. The van der Waals surface area contributed by atoms with Crippen LogP contribution in [0.15, 0.2) is 46.9 Å². The van der Waals surface area contributed by atoms with Gasteiger partial charge in [-0.05, 0) is 102 Å². The molecule has 0 fully saturated rings. The second-order valence-corrected chi connectivity index (χ2v) is 11.0. The summed E-state index contributed by atoms with van der Waals surface area (Å²) in [5.74, 6) is 0.812. The van der Waals surface area contributed by atoms with E-state index in [0.717, 1.165) is 22.6 Å². The van der Waals surface area contributed by atoms with E-state index in [9.17, 15) is 4.79 Å². The minimum Gasteiger partial charge on any atom is -0.456 e. The molecule has 2 aromatic carbocycles. The molecule has 0 saturated carbocycles. The Morgan fingerprint density at radius 3 is 2.12 bits per heavy atom. The first kappa shape index (κ1) is 23.2. The molecule has 4 nitrogen and oxygen atoms in total. The molecular weight excluding hydrogens is 408 g/mol. The molecule has 0 radical (unpaired) electrons. The first-order valence-electron chi connectivity index (χ1n) is 11.8. The van der Waals surface area contributed by atoms with Crippen LogP contribution in [0.3, 0.4) is 0 Å². The molecule has 0 spiro atoms. The molecule has 2 N–H and O–H groups in total. The summed E-state index contributed by atoms with van der Waals surface area (Å²) in [5.41, 5.74) is 14.7. The van der Waals surface area contributed by atoms with Gasteiger partial charge in [-0.15, -0.1) is 0 Å². The van der Waals surface area contributed by atoms with Gasteiger partial charge in [-0.2, -0.15) is 0 Å². The minimum atomic E-state index is -0.287. The predicted molar refractivity (Wildman–Crippen MR) is 135 cm³/mol. The number of nitrogens with one attached hydrogen (secondary N) is 2. The fourth-order valence-corrected chi connectivity index (χ4v) is 4.98. The Morgan fingerprint density at radius 2 is 1.48 bits per heavy atom. The predicted octanol–water partition coefficient (Wildman–Crippen LogP) is 6.90. The minimum absolute atomic E-state index is 0.168. The van der Waals surface area contributed by atoms with Gasteiger partial charge in [0.2, 0.25) is 0 Å². The summed E-state index contributed by atoms with van der Waals surface area (Å²) in [6.07, 6.45) is 3.07. The number of anilines is 1. The Kier molecular flexibility index (Phi) is 5.90. The van der Waals surface area contributed by atoms with Crippen LogP contribution in [0.2, 0.25) is 0 Å². The van der Waals surface area contributed by atoms with E-state index in [1.807, 2.05) is 32.0 Å². The van der Waals surface area contributed by atoms with Crippen LogP contribution in [0, 0.1) is 20.8 Å². The summed E-state index contributed by atoms with van der Waals surface area (Å²) in [4.78, 5) is 12.6. The molecule has 0 atom stereocenters. The highest BCUT2D eigenvalue weighted by Crippen LogP contribution is 2.46. The molecule has 4 rings (SSSR count). The molecule has 1 aliphatic rings. The highest BCUT2D eigenvalue weighted by molar-refractivity contribution is 5.92. The molecule has 0 aliphatic heterocycles. The van der Waals surface area contributed by atoms with Gasteiger partial charge in [0, 0.05) is 6.42 Å². The van der Waals surface area contributed by atoms with E-state index in [2.05, 4.69) is 63.7 Å². The maximum Gasteiger partial charge on any atom is 0.305 e. The van der Waals surface area contributed by atoms with Crippen LogP contribution in [-0.4, -0.2) is 5.91 Å². The summed E-state index contributed by atoms with van der Waals surface area (Å²) in [6.45, 7) is 15.6. The topological polar surface area (TPSA) is 54.3 Å². The van der Waals surface area contributed by atoms with Gasteiger partial charge in [-0.1, -0.05) is 45.9 Å². The third kappa shape index (κ3) is 4.85. The smallest absolute Gasteiger partial charge is 0.305 e. The van der Waals surface area contributed by atoms with E-state index in [4.69, 9.17) is 4.42 Å². The third-order valence-electron chi connectivity index (χ3n) is 7.10. The SMILES string of the molecule is Cc1cc(C)cc(NNC(=O)c2ccc(Cc3cc4c(cc3C)C(C)(C)CCC4(C)C)o2)c1. The zero-order valence-electron chi connectivity index (χ0n) is 21.0. The highest BCUT2D eigenvalue weighted by atomic mass is 16.4. The molecule has 33 heavy (non-hydrogen) atoms. The molecule has 4 heteroatoms. The summed E-state index contributed by atoms with van der Waals surface area (Å²) < 4.78 is 5.93. The van der Waals surface area contributed by atoms with Gasteiger partial charge in [0.25, 0.3) is 0 Å². The number of carbonyl (C=O) groups is 1. The van der Waals surface area contributed by atoms with Crippen LogP contribution in [0.5, 0.6) is 0 Å². The lowest BCUT2D eigenvalue weighted by atomic mass is 9.62. The normalized spacial score (nSPS) is 16.2. The van der Waals surface area contributed by atoms with Crippen molar-refractivity contribution in [1.29, 1.82) is 0 Å². The number of aryl methyl sites for hydroxylation is 3. The van der Waals surface area contributed by atoms with Gasteiger partial charge >= 0.3 is 5.91 Å². The molecule has 0 unspecified atom stereocenters. The fraction of sp³-hybridized carbons (Fsp3) is 0.414. The quantitative estimate of drug-likeness (QED) is 0.421. The summed E-state index contributed by atoms with van der Waals surface area (Å²) >= 11 is 0. The van der Waals surface area contributed by atoms with E-state index < -0.39 is 0 Å². The van der Waals surface area contributed by atoms with Crippen molar-refractivity contribution < 1.29 is 9.21 Å². The van der Waals surface area contributed by atoms with Crippen molar-refractivity contribution in [2.45, 2.75) is 78.6 Å². The first-order valence-corrected chi connectivity index (χ1v) is 11.8. The number of hydrogen-bond donors (Lipinski definition) is 2. The monoisotopic (exact) mass is 444 g/mol. The van der Waals surface area contributed by atoms with Gasteiger partial charge in [-0.3, -0.25) is 15.6 Å². The van der Waals surface area contributed by atoms with E-state index in [1.54, 1.807) is 6.07 Å². The summed E-state index contributed by atoms with van der Waals surface area (Å²) in [6, 6.07) is 14.5. The molecule has 1 heterocycles. The Labute approximate surface area is 197 Å². The second kappa shape index (κ2) is 8.40. The van der Waals surface area contributed by atoms with E-state index in [-0.39, 0.29) is 16.7 Å². The lowest BCUT2D eigenvalue weighted by Gasteiger charge is -2.42. The van der Waals surface area contributed by atoms with Crippen LogP contribution in [-0.2, 0) is 17.3 Å². The average Bonchev–Trinajstić information content (AvgIpc) is 3.19. The second-order valence-electron chi connectivity index (χ2n) is 11.0. The molecule has 1 amide bonds. The molecule has 0 saturated heterocycles. The van der Waals surface area contributed by atoms with E-state index in [0.29, 0.717) is 12.2 Å². The number of hydrazine groups is 1. The molecule has 1 aromatic heterocycles. The maximum absolute atomic E-state index is 12.6. The number of amides is 1. The van der Waals surface area contributed by atoms with E-state index in [1.165, 1.54) is 35.1 Å². The van der Waals surface area contributed by atoms with Gasteiger partial charge in [0.15, 0.2) is 5.76 Å². The van der Waals surface area contributed by atoms with Crippen LogP contribution in [0.4, 0.5) is 5.69 Å². The van der Waals surface area contributed by atoms with Crippen molar-refractivity contribution in [3.63, 3.8) is 0 Å². The van der Waals surface area contributed by atoms with Gasteiger partial charge < -0.3 is 4.42 Å². The first-order chi connectivity index (χ1) is 15.4. The van der Waals surface area contributed by atoms with Gasteiger partial charge in [-0.25, -0.2) is 0 Å². The number of furan rings is 1. The lowest BCUT2D eigenvalue weighted by molar-refractivity contribution is 0.0933. The van der Waals surface area contributed by atoms with Crippen LogP contribution >= 0.6 is 0 Å². The highest BCUT2D eigenvalue weighted by Gasteiger charge is 2.37. The van der Waals surface area contributed by atoms with Gasteiger partial charge in [0.05, 0.1) is 5.69 Å². The molecule has 1 aliphatic carbocycles. The maximum atomic E-state index is 12.6. The van der Waals surface area contributed by atoms with Crippen molar-refractivity contribution in [2.75, 3.05) is 5.43 Å². The van der Waals surface area contributed by atoms with Crippen molar-refractivity contribution in [2.24, 2.45) is 0 Å². The molecular formula is C29H36N2O2. The summed E-state index contributed by atoms with van der Waals surface area (Å²) in [5, 5.41) is 0. The van der Waals surface area contributed by atoms with E-state index >= 15 is 0 Å². The zero-order valence-corrected chi connectivity index (χ0v) is 21.0. The van der Waals surface area contributed by atoms with Gasteiger partial charge in [0.1, 0.15) is 5.76 Å². The van der Waals surface area contributed by atoms with Crippen LogP contribution in [0.25, 0.3) is 0 Å². The number of carbonyl (C=O) groups excluding carboxylic acids is 1. The van der Waals surface area contributed by atoms with Crippen molar-refractivity contribution in [3.8, 4) is 0 Å². The van der Waals surface area contributed by atoms with Crippen LogP contribution in [0.1, 0.15) is 90.2 Å². The Bertz CT molecular complexity index is 1180.